The minimum Gasteiger partial charge on any atom is -0.326 e. The molecule has 2 N–H and O–H groups in total. The van der Waals surface area contributed by atoms with Crippen LogP contribution in [0.2, 0.25) is 10.0 Å². The van der Waals surface area contributed by atoms with Crippen LogP contribution >= 0.6 is 35.6 Å². The third-order valence-corrected chi connectivity index (χ3v) is 6.98. The number of likely N-dealkylation sites (tertiary alicyclic amines) is 1. The number of rotatable bonds is 5. The van der Waals surface area contributed by atoms with Crippen LogP contribution in [0, 0.1) is 0 Å². The molecule has 142 valence electrons. The van der Waals surface area contributed by atoms with Crippen LogP contribution in [0.25, 0.3) is 0 Å². The fourth-order valence-electron chi connectivity index (χ4n) is 3.22. The molecule has 0 aromatic heterocycles. The van der Waals surface area contributed by atoms with Gasteiger partial charge in [0.25, 0.3) is 0 Å². The van der Waals surface area contributed by atoms with Crippen LogP contribution in [-0.4, -0.2) is 44.7 Å². The molecule has 2 aromatic rings. The quantitative estimate of drug-likeness (QED) is 0.779. The number of hydrogen-bond donors (Lipinski definition) is 1. The summed E-state index contributed by atoms with van der Waals surface area (Å²) in [5.41, 5.74) is 7.46. The van der Waals surface area contributed by atoms with Crippen LogP contribution in [-0.2, 0) is 9.84 Å². The molecule has 0 bridgehead atoms. The molecule has 8 heteroatoms. The van der Waals surface area contributed by atoms with Gasteiger partial charge in [-0.1, -0.05) is 53.5 Å². The lowest BCUT2D eigenvalue weighted by molar-refractivity contribution is 0.351. The summed E-state index contributed by atoms with van der Waals surface area (Å²) in [5.74, 6) is 0.208. The number of nitrogens with zero attached hydrogens (tertiary/aromatic N) is 1. The van der Waals surface area contributed by atoms with Gasteiger partial charge in [-0.15, -0.1) is 12.4 Å². The second kappa shape index (κ2) is 8.91. The molecule has 2 atom stereocenters. The summed E-state index contributed by atoms with van der Waals surface area (Å²) in [6.45, 7) is 1.85. The predicted molar refractivity (Wildman–Crippen MR) is 109 cm³/mol. The molecule has 0 aliphatic carbocycles. The van der Waals surface area contributed by atoms with E-state index in [1.54, 1.807) is 6.07 Å². The lowest BCUT2D eigenvalue weighted by Gasteiger charge is -2.16. The van der Waals surface area contributed by atoms with E-state index in [-0.39, 0.29) is 40.0 Å². The van der Waals surface area contributed by atoms with Crippen LogP contribution in [0.5, 0.6) is 0 Å². The summed E-state index contributed by atoms with van der Waals surface area (Å²) in [6.07, 6.45) is 0. The Labute approximate surface area is 170 Å². The highest BCUT2D eigenvalue weighted by Gasteiger charge is 2.32. The van der Waals surface area contributed by atoms with Crippen molar-refractivity contribution >= 4 is 45.4 Å². The smallest absolute Gasteiger partial charge is 0.181 e. The molecule has 0 saturated carbocycles. The fraction of sp³-hybridized carbons (Fsp3) is 0.333. The minimum absolute atomic E-state index is 0. The van der Waals surface area contributed by atoms with E-state index in [1.807, 2.05) is 18.2 Å². The summed E-state index contributed by atoms with van der Waals surface area (Å²) in [7, 11) is -3.50. The predicted octanol–water partition coefficient (Wildman–Crippen LogP) is 3.62. The van der Waals surface area contributed by atoms with E-state index in [0.717, 1.165) is 6.54 Å². The molecular formula is C18H21Cl3N2O2S. The molecule has 1 aliphatic rings. The number of halogens is 3. The monoisotopic (exact) mass is 434 g/mol. The van der Waals surface area contributed by atoms with Gasteiger partial charge in [-0.2, -0.15) is 0 Å². The average Bonchev–Trinajstić information content (AvgIpc) is 2.97. The lowest BCUT2D eigenvalue weighted by Crippen LogP contribution is -2.31. The maximum atomic E-state index is 12.6. The van der Waals surface area contributed by atoms with E-state index >= 15 is 0 Å². The Morgan fingerprint density at radius 1 is 1.08 bits per heavy atom. The molecule has 2 aromatic carbocycles. The normalized spacial score (nSPS) is 20.7. The van der Waals surface area contributed by atoms with E-state index in [2.05, 4.69) is 17.0 Å². The van der Waals surface area contributed by atoms with Crippen molar-refractivity contribution in [1.29, 1.82) is 0 Å². The Morgan fingerprint density at radius 3 is 2.46 bits per heavy atom. The molecule has 4 nitrogen and oxygen atoms in total. The Kier molecular flexibility index (Phi) is 7.36. The van der Waals surface area contributed by atoms with Gasteiger partial charge >= 0.3 is 0 Å². The topological polar surface area (TPSA) is 63.4 Å². The Hall–Kier alpha value is -0.820. The number of benzene rings is 2. The Balaban J connectivity index is 0.00000243. The summed E-state index contributed by atoms with van der Waals surface area (Å²) >= 11 is 11.9. The van der Waals surface area contributed by atoms with Crippen molar-refractivity contribution in [3.63, 3.8) is 0 Å². The largest absolute Gasteiger partial charge is 0.326 e. The minimum atomic E-state index is -3.50. The van der Waals surface area contributed by atoms with Gasteiger partial charge in [-0.3, -0.25) is 0 Å². The highest BCUT2D eigenvalue weighted by Crippen LogP contribution is 2.28. The molecule has 0 radical (unpaired) electrons. The van der Waals surface area contributed by atoms with Gasteiger partial charge in [0.1, 0.15) is 0 Å². The van der Waals surface area contributed by atoms with Crippen LogP contribution in [0.1, 0.15) is 11.5 Å². The summed E-state index contributed by atoms with van der Waals surface area (Å²) < 4.78 is 25.2. The highest BCUT2D eigenvalue weighted by atomic mass is 35.5. The first-order valence-electron chi connectivity index (χ1n) is 8.07. The standard InChI is InChI=1S/C18H20Cl2N2O2S.ClH/c19-14-6-7-16(20)18(10-14)25(23,24)9-8-22-11-15(17(21)12-22)13-4-2-1-3-5-13;/h1-7,10,15,17H,8-9,11-12,21H2;1H/t15-,17+;/m0./s1. The first-order chi connectivity index (χ1) is 11.9. The zero-order valence-corrected chi connectivity index (χ0v) is 17.2. The number of hydrogen-bond acceptors (Lipinski definition) is 4. The SMILES string of the molecule is Cl.N[C@@H]1CN(CCS(=O)(=O)c2cc(Cl)ccc2Cl)C[C@H]1c1ccccc1. The van der Waals surface area contributed by atoms with Gasteiger partial charge < -0.3 is 10.6 Å². The van der Waals surface area contributed by atoms with Crippen molar-refractivity contribution < 1.29 is 8.42 Å². The van der Waals surface area contributed by atoms with Crippen molar-refractivity contribution in [1.82, 2.24) is 4.90 Å². The van der Waals surface area contributed by atoms with Gasteiger partial charge in [0, 0.05) is 36.6 Å². The second-order valence-corrected chi connectivity index (χ2v) is 9.26. The summed E-state index contributed by atoms with van der Waals surface area (Å²) in [6, 6.07) is 14.6. The lowest BCUT2D eigenvalue weighted by atomic mass is 9.95. The van der Waals surface area contributed by atoms with E-state index in [0.29, 0.717) is 18.1 Å². The van der Waals surface area contributed by atoms with E-state index in [1.165, 1.54) is 17.7 Å². The molecule has 26 heavy (non-hydrogen) atoms. The maximum Gasteiger partial charge on any atom is 0.181 e. The molecule has 1 aliphatic heterocycles. The average molecular weight is 436 g/mol. The molecule has 3 rings (SSSR count). The summed E-state index contributed by atoms with van der Waals surface area (Å²) in [4.78, 5) is 2.18. The molecule has 0 amide bonds. The van der Waals surface area contributed by atoms with Gasteiger partial charge in [-0.05, 0) is 23.8 Å². The van der Waals surface area contributed by atoms with Crippen LogP contribution in [0.3, 0.4) is 0 Å². The third-order valence-electron chi connectivity index (χ3n) is 4.57. The first kappa shape index (κ1) is 21.5. The maximum absolute atomic E-state index is 12.6. The van der Waals surface area contributed by atoms with Crippen molar-refractivity contribution in [3.05, 3.63) is 64.1 Å². The van der Waals surface area contributed by atoms with Crippen LogP contribution in [0.4, 0.5) is 0 Å². The molecule has 1 fully saturated rings. The molecular weight excluding hydrogens is 415 g/mol. The first-order valence-corrected chi connectivity index (χ1v) is 10.5. The van der Waals surface area contributed by atoms with Crippen LogP contribution in [0.15, 0.2) is 53.4 Å². The fourth-order valence-corrected chi connectivity index (χ4v) is 5.32. The highest BCUT2D eigenvalue weighted by molar-refractivity contribution is 7.91. The van der Waals surface area contributed by atoms with Gasteiger partial charge in [0.2, 0.25) is 0 Å². The van der Waals surface area contributed by atoms with Crippen LogP contribution < -0.4 is 5.73 Å². The van der Waals surface area contributed by atoms with Crippen molar-refractivity contribution in [2.75, 3.05) is 25.4 Å². The third kappa shape index (κ3) is 4.91. The molecule has 1 saturated heterocycles. The molecule has 0 spiro atoms. The Morgan fingerprint density at radius 2 is 1.77 bits per heavy atom. The number of nitrogens with two attached hydrogens (primary N) is 1. The molecule has 0 unspecified atom stereocenters. The van der Waals surface area contributed by atoms with E-state index in [4.69, 9.17) is 28.9 Å². The van der Waals surface area contributed by atoms with E-state index < -0.39 is 9.84 Å². The van der Waals surface area contributed by atoms with Gasteiger partial charge in [-0.25, -0.2) is 8.42 Å². The zero-order valence-electron chi connectivity index (χ0n) is 14.0. The number of sulfone groups is 1. The van der Waals surface area contributed by atoms with Gasteiger partial charge in [0.15, 0.2) is 9.84 Å². The van der Waals surface area contributed by atoms with Gasteiger partial charge in [0.05, 0.1) is 15.7 Å². The second-order valence-electron chi connectivity index (χ2n) is 6.33. The van der Waals surface area contributed by atoms with Crippen molar-refractivity contribution in [2.45, 2.75) is 16.9 Å². The summed E-state index contributed by atoms with van der Waals surface area (Å²) in [5, 5.41) is 0.556. The van der Waals surface area contributed by atoms with Crippen molar-refractivity contribution in [3.8, 4) is 0 Å². The zero-order chi connectivity index (χ0) is 18.0. The Bertz CT molecular complexity index is 847. The molecule has 1 heterocycles. The van der Waals surface area contributed by atoms with E-state index in [9.17, 15) is 8.42 Å². The van der Waals surface area contributed by atoms with Crippen molar-refractivity contribution in [2.24, 2.45) is 5.73 Å².